The first kappa shape index (κ1) is 22.5. The molecule has 0 saturated heterocycles. The fraction of sp³-hybridized carbons (Fsp3) is 0. The Labute approximate surface area is 129 Å². The van der Waals surface area contributed by atoms with Crippen LogP contribution in [0.2, 0.25) is 0 Å². The summed E-state index contributed by atoms with van der Waals surface area (Å²) in [6, 6.07) is 24.0. The third-order valence-electron chi connectivity index (χ3n) is 1.33. The Balaban J connectivity index is 0. The van der Waals surface area contributed by atoms with E-state index < -0.39 is 20.8 Å². The van der Waals surface area contributed by atoms with Crippen molar-refractivity contribution in [1.82, 2.24) is 0 Å². The summed E-state index contributed by atoms with van der Waals surface area (Å²) < 4.78 is 68.2. The Morgan fingerprint density at radius 2 is 0.409 bits per heavy atom. The first-order chi connectivity index (χ1) is 10.0. The predicted octanol–water partition coefficient (Wildman–Crippen LogP) is 0.697. The van der Waals surface area contributed by atoms with Gasteiger partial charge in [-0.2, -0.15) is 0 Å². The largest absolute Gasteiger partial charge is 0.759 e. The van der Waals surface area contributed by atoms with Crippen molar-refractivity contribution in [2.24, 2.45) is 0 Å². The molecule has 0 heterocycles. The quantitative estimate of drug-likeness (QED) is 0.496. The van der Waals surface area contributed by atoms with Crippen molar-refractivity contribution in [3.8, 4) is 0 Å². The van der Waals surface area contributed by atoms with E-state index in [1.807, 2.05) is 72.8 Å². The van der Waals surface area contributed by atoms with Crippen LogP contribution in [-0.2, 0) is 20.8 Å². The molecule has 0 atom stereocenters. The Morgan fingerprint density at radius 3 is 0.455 bits per heavy atom. The lowest BCUT2D eigenvalue weighted by Gasteiger charge is -2.06. The molecule has 0 fully saturated rings. The molecular weight excluding hydrogens is 336 g/mol. The molecule has 2 rings (SSSR count). The maximum absolute atomic E-state index is 8.52. The second-order valence-corrected chi connectivity index (χ2v) is 4.76. The smallest absolute Gasteiger partial charge is 0.0311 e. The van der Waals surface area contributed by atoms with E-state index in [-0.39, 0.29) is 0 Å². The van der Waals surface area contributed by atoms with Gasteiger partial charge in [-0.3, -0.25) is 16.8 Å². The van der Waals surface area contributed by atoms with Gasteiger partial charge < -0.3 is 18.2 Å². The lowest BCUT2D eigenvalue weighted by atomic mass is 10.4. The van der Waals surface area contributed by atoms with Crippen LogP contribution in [0.25, 0.3) is 0 Å². The van der Waals surface area contributed by atoms with E-state index in [0.717, 1.165) is 0 Å². The number of rotatable bonds is 0. The number of hydrogen-bond acceptors (Lipinski definition) is 8. The number of benzene rings is 2. The van der Waals surface area contributed by atoms with Gasteiger partial charge in [0, 0.05) is 20.8 Å². The van der Waals surface area contributed by atoms with E-state index in [0.29, 0.717) is 0 Å². The van der Waals surface area contributed by atoms with Crippen LogP contribution in [0.15, 0.2) is 72.8 Å². The van der Waals surface area contributed by atoms with Crippen molar-refractivity contribution in [2.45, 2.75) is 0 Å². The van der Waals surface area contributed by atoms with E-state index in [1.54, 1.807) is 0 Å². The van der Waals surface area contributed by atoms with Crippen LogP contribution in [0, 0.1) is 0 Å². The lowest BCUT2D eigenvalue weighted by molar-refractivity contribution is 0.350. The van der Waals surface area contributed by atoms with Gasteiger partial charge in [-0.15, -0.1) is 0 Å². The summed E-state index contributed by atoms with van der Waals surface area (Å²) in [6.07, 6.45) is 0. The molecule has 2 aromatic carbocycles. The maximum atomic E-state index is 8.52. The van der Waals surface area contributed by atoms with E-state index in [9.17, 15) is 0 Å². The molecule has 8 nitrogen and oxygen atoms in total. The minimum absolute atomic E-state index is 2.00. The van der Waals surface area contributed by atoms with Crippen LogP contribution in [0.1, 0.15) is 0 Å². The second kappa shape index (κ2) is 12.9. The van der Waals surface area contributed by atoms with E-state index in [2.05, 4.69) is 0 Å². The zero-order chi connectivity index (χ0) is 17.5. The highest BCUT2D eigenvalue weighted by Gasteiger charge is 1.58. The van der Waals surface area contributed by atoms with Gasteiger partial charge in [-0.25, -0.2) is 0 Å². The molecular formula is C12H12O8S2-4. The van der Waals surface area contributed by atoms with E-state index in [1.165, 1.54) is 0 Å². The molecule has 22 heavy (non-hydrogen) atoms. The van der Waals surface area contributed by atoms with Crippen LogP contribution in [0.5, 0.6) is 0 Å². The molecule has 0 saturated carbocycles. The normalized spacial score (nSPS) is 9.64. The third-order valence-corrected chi connectivity index (χ3v) is 1.33. The van der Waals surface area contributed by atoms with Gasteiger partial charge in [0.2, 0.25) is 0 Å². The summed E-state index contributed by atoms with van der Waals surface area (Å²) in [4.78, 5) is 0. The van der Waals surface area contributed by atoms with Gasteiger partial charge in [0.15, 0.2) is 0 Å². The molecule has 0 spiro atoms. The summed E-state index contributed by atoms with van der Waals surface area (Å²) in [5.41, 5.74) is 0. The average Bonchev–Trinajstić information content (AvgIpc) is 2.40. The summed E-state index contributed by atoms with van der Waals surface area (Å²) >= 11 is 0. The van der Waals surface area contributed by atoms with Crippen molar-refractivity contribution >= 4 is 20.8 Å². The molecule has 0 aromatic heterocycles. The Bertz CT molecular complexity index is 524. The van der Waals surface area contributed by atoms with Crippen molar-refractivity contribution in [2.75, 3.05) is 0 Å². The van der Waals surface area contributed by atoms with Crippen LogP contribution >= 0.6 is 0 Å². The van der Waals surface area contributed by atoms with Gasteiger partial charge >= 0.3 is 0 Å². The fourth-order valence-corrected chi connectivity index (χ4v) is 0.770. The van der Waals surface area contributed by atoms with Crippen molar-refractivity contribution < 1.29 is 35.0 Å². The second-order valence-electron chi connectivity index (χ2n) is 3.13. The Morgan fingerprint density at radius 1 is 0.364 bits per heavy atom. The molecule has 0 radical (unpaired) electrons. The van der Waals surface area contributed by atoms with Crippen molar-refractivity contribution in [1.29, 1.82) is 0 Å². The van der Waals surface area contributed by atoms with Crippen molar-refractivity contribution in [3.05, 3.63) is 72.8 Å². The third kappa shape index (κ3) is 51.8. The summed E-state index contributed by atoms with van der Waals surface area (Å²) in [5.74, 6) is 0. The minimum atomic E-state index is -5.17. The van der Waals surface area contributed by atoms with Gasteiger partial charge in [-0.1, -0.05) is 72.8 Å². The maximum Gasteiger partial charge on any atom is 0.0311 e. The minimum Gasteiger partial charge on any atom is -0.759 e. The molecule has 124 valence electrons. The fourth-order valence-electron chi connectivity index (χ4n) is 0.770. The monoisotopic (exact) mass is 348 g/mol. The van der Waals surface area contributed by atoms with Crippen LogP contribution < -0.4 is 0 Å². The predicted molar refractivity (Wildman–Crippen MR) is 73.8 cm³/mol. The first-order valence-corrected chi connectivity index (χ1v) is 8.00. The topological polar surface area (TPSA) is 161 Å². The van der Waals surface area contributed by atoms with Gasteiger partial charge in [-0.05, 0) is 0 Å². The van der Waals surface area contributed by atoms with E-state index >= 15 is 0 Å². The standard InChI is InChI=1S/2C6H6.2H2O4S/c2*1-2-4-6-5-3-1;2*1-5(2,3)4/h2*1-6H;2*(H2,1,2,3,4)/p-4. The van der Waals surface area contributed by atoms with Crippen LogP contribution in [-0.4, -0.2) is 35.0 Å². The molecule has 0 unspecified atom stereocenters. The molecule has 0 aliphatic heterocycles. The molecule has 2 aromatic rings. The van der Waals surface area contributed by atoms with Gasteiger partial charge in [0.25, 0.3) is 0 Å². The number of hydrogen-bond donors (Lipinski definition) is 0. The highest BCUT2D eigenvalue weighted by Crippen LogP contribution is 1.80. The first-order valence-electron chi connectivity index (χ1n) is 5.33. The average molecular weight is 348 g/mol. The molecule has 10 heteroatoms. The molecule has 0 amide bonds. The van der Waals surface area contributed by atoms with Crippen LogP contribution in [0.3, 0.4) is 0 Å². The summed E-state index contributed by atoms with van der Waals surface area (Å²) in [7, 11) is -10.3. The zero-order valence-electron chi connectivity index (χ0n) is 11.0. The van der Waals surface area contributed by atoms with Gasteiger partial charge in [0.1, 0.15) is 0 Å². The lowest BCUT2D eigenvalue weighted by Crippen LogP contribution is -1.91. The SMILES string of the molecule is O=S(=O)([O-])[O-].O=S(=O)([O-])[O-].c1ccccc1.c1ccccc1. The Hall–Kier alpha value is -1.82. The molecule has 0 N–H and O–H groups in total. The molecule has 0 bridgehead atoms. The van der Waals surface area contributed by atoms with Crippen LogP contribution in [0.4, 0.5) is 0 Å². The highest BCUT2D eigenvalue weighted by molar-refractivity contribution is 7.79. The zero-order valence-corrected chi connectivity index (χ0v) is 12.6. The summed E-state index contributed by atoms with van der Waals surface area (Å²) in [5, 5.41) is 0. The van der Waals surface area contributed by atoms with Gasteiger partial charge in [0.05, 0.1) is 0 Å². The van der Waals surface area contributed by atoms with E-state index in [4.69, 9.17) is 35.0 Å². The highest BCUT2D eigenvalue weighted by atomic mass is 32.3. The Kier molecular flexibility index (Phi) is 13.2. The summed E-state index contributed by atoms with van der Waals surface area (Å²) in [6.45, 7) is 0. The molecule has 0 aliphatic rings. The molecule has 0 aliphatic carbocycles. The van der Waals surface area contributed by atoms with Crippen molar-refractivity contribution in [3.63, 3.8) is 0 Å².